The van der Waals surface area contributed by atoms with Crippen molar-refractivity contribution in [3.05, 3.63) is 0 Å². The molecule has 0 N–H and O–H groups in total. The second kappa shape index (κ2) is 4.15. The van der Waals surface area contributed by atoms with Crippen LogP contribution in [-0.4, -0.2) is 35.0 Å². The van der Waals surface area contributed by atoms with Gasteiger partial charge in [0.1, 0.15) is 12.4 Å². The lowest BCUT2D eigenvalue weighted by molar-refractivity contribution is 0.450. The van der Waals surface area contributed by atoms with Gasteiger partial charge >= 0.3 is 0 Å². The predicted molar refractivity (Wildman–Crippen MR) is 40.3 cm³/mol. The fraction of sp³-hybridized carbons (Fsp3) is 1.00. The Balaban J connectivity index is 4.47. The van der Waals surface area contributed by atoms with Crippen molar-refractivity contribution in [3.63, 3.8) is 0 Å². The van der Waals surface area contributed by atoms with Crippen LogP contribution in [0.4, 0.5) is 4.39 Å². The van der Waals surface area contributed by atoms with E-state index in [0.717, 1.165) is 0 Å². The van der Waals surface area contributed by atoms with Crippen LogP contribution in [0.5, 0.6) is 0 Å². The molecule has 0 aliphatic rings. The van der Waals surface area contributed by atoms with Crippen LogP contribution in [0.1, 0.15) is 6.92 Å². The molecule has 0 saturated carbocycles. The van der Waals surface area contributed by atoms with Crippen molar-refractivity contribution >= 4 is 20.2 Å². The molecular weight excluding hydrogens is 211 g/mol. The standard InChI is InChI=1S/C4H9FO5S2/c1-2-11(6,7)10-12(8,9)4-3-5/h2-4H2,1H3. The van der Waals surface area contributed by atoms with Crippen LogP contribution in [0.2, 0.25) is 0 Å². The van der Waals surface area contributed by atoms with Gasteiger partial charge in [-0.25, -0.2) is 4.39 Å². The first kappa shape index (κ1) is 11.8. The van der Waals surface area contributed by atoms with Crippen LogP contribution < -0.4 is 0 Å². The number of halogens is 1. The van der Waals surface area contributed by atoms with Crippen LogP contribution in [-0.2, 0) is 23.9 Å². The average molecular weight is 220 g/mol. The van der Waals surface area contributed by atoms with E-state index in [2.05, 4.69) is 3.63 Å². The van der Waals surface area contributed by atoms with Crippen LogP contribution in [0.3, 0.4) is 0 Å². The van der Waals surface area contributed by atoms with Gasteiger partial charge in [0.15, 0.2) is 0 Å². The molecule has 0 unspecified atom stereocenters. The summed E-state index contributed by atoms with van der Waals surface area (Å²) in [4.78, 5) is 0. The molecule has 0 aliphatic heterocycles. The van der Waals surface area contributed by atoms with Crippen LogP contribution in [0, 0.1) is 0 Å². The molecule has 0 radical (unpaired) electrons. The zero-order chi connectivity index (χ0) is 9.83. The molecule has 0 aromatic carbocycles. The summed E-state index contributed by atoms with van der Waals surface area (Å²) in [7, 11) is -8.32. The maximum Gasteiger partial charge on any atom is 0.284 e. The minimum atomic E-state index is -4.26. The first-order valence-corrected chi connectivity index (χ1v) is 6.21. The van der Waals surface area contributed by atoms with E-state index in [1.54, 1.807) is 0 Å². The molecule has 0 aromatic heterocycles. The van der Waals surface area contributed by atoms with E-state index in [9.17, 15) is 21.2 Å². The molecule has 0 heterocycles. The van der Waals surface area contributed by atoms with Gasteiger partial charge in [-0.1, -0.05) is 0 Å². The van der Waals surface area contributed by atoms with E-state index in [-0.39, 0.29) is 0 Å². The molecule has 0 rings (SSSR count). The third-order valence-electron chi connectivity index (χ3n) is 0.888. The SMILES string of the molecule is CCS(=O)(=O)OS(=O)(=O)CCF. The fourth-order valence-electron chi connectivity index (χ4n) is 0.335. The molecule has 5 nitrogen and oxygen atoms in total. The van der Waals surface area contributed by atoms with E-state index < -0.39 is 38.4 Å². The summed E-state index contributed by atoms with van der Waals surface area (Å²) in [6.45, 7) is 0.0574. The lowest BCUT2D eigenvalue weighted by atomic mass is 10.9. The number of alkyl halides is 1. The highest BCUT2D eigenvalue weighted by Gasteiger charge is 2.20. The molecule has 0 saturated heterocycles. The molecule has 0 aromatic rings. The first-order chi connectivity index (χ1) is 5.33. The summed E-state index contributed by atoms with van der Waals surface area (Å²) in [5.41, 5.74) is 0. The fourth-order valence-corrected chi connectivity index (χ4v) is 2.44. The van der Waals surface area contributed by atoms with Gasteiger partial charge in [-0.3, -0.25) is 0 Å². The zero-order valence-electron chi connectivity index (χ0n) is 6.36. The Morgan fingerprint density at radius 3 is 2.00 bits per heavy atom. The lowest BCUT2D eigenvalue weighted by Gasteiger charge is -2.00. The maximum absolute atomic E-state index is 11.5. The van der Waals surface area contributed by atoms with E-state index in [0.29, 0.717) is 0 Å². The minimum Gasteiger partial charge on any atom is -0.250 e. The Kier molecular flexibility index (Phi) is 4.08. The highest BCUT2D eigenvalue weighted by atomic mass is 32.3. The molecule has 0 bridgehead atoms. The number of rotatable bonds is 5. The largest absolute Gasteiger partial charge is 0.284 e. The molecule has 8 heteroatoms. The Morgan fingerprint density at radius 2 is 1.67 bits per heavy atom. The summed E-state index contributed by atoms with van der Waals surface area (Å²) >= 11 is 0. The quantitative estimate of drug-likeness (QED) is 0.633. The van der Waals surface area contributed by atoms with Gasteiger partial charge in [-0.15, -0.1) is 3.63 Å². The molecule has 0 aliphatic carbocycles. The van der Waals surface area contributed by atoms with Gasteiger partial charge in [-0.2, -0.15) is 16.8 Å². The molecule has 12 heavy (non-hydrogen) atoms. The third-order valence-corrected chi connectivity index (χ3v) is 3.91. The summed E-state index contributed by atoms with van der Waals surface area (Å²) in [6.07, 6.45) is 0. The maximum atomic E-state index is 11.5. The van der Waals surface area contributed by atoms with Crippen LogP contribution in [0.25, 0.3) is 0 Å². The van der Waals surface area contributed by atoms with E-state index >= 15 is 0 Å². The van der Waals surface area contributed by atoms with Crippen molar-refractivity contribution in [2.75, 3.05) is 18.2 Å². The Morgan fingerprint density at radius 1 is 1.17 bits per heavy atom. The summed E-state index contributed by atoms with van der Waals surface area (Å²) in [5.74, 6) is -1.40. The minimum absolute atomic E-state index is 0.460. The summed E-state index contributed by atoms with van der Waals surface area (Å²) in [6, 6.07) is 0. The van der Waals surface area contributed by atoms with Crippen molar-refractivity contribution in [2.45, 2.75) is 6.92 Å². The highest BCUT2D eigenvalue weighted by molar-refractivity contribution is 7.99. The van der Waals surface area contributed by atoms with Crippen molar-refractivity contribution < 1.29 is 24.9 Å². The summed E-state index contributed by atoms with van der Waals surface area (Å²) in [5, 5.41) is 0. The van der Waals surface area contributed by atoms with Crippen molar-refractivity contribution in [1.82, 2.24) is 0 Å². The van der Waals surface area contributed by atoms with Gasteiger partial charge in [0, 0.05) is 0 Å². The smallest absolute Gasteiger partial charge is 0.250 e. The van der Waals surface area contributed by atoms with Gasteiger partial charge in [0.05, 0.1) is 5.75 Å². The second-order valence-electron chi connectivity index (χ2n) is 1.87. The Bertz CT molecular complexity index is 315. The molecule has 74 valence electrons. The van der Waals surface area contributed by atoms with Gasteiger partial charge < -0.3 is 0 Å². The highest BCUT2D eigenvalue weighted by Crippen LogP contribution is 2.01. The first-order valence-electron chi connectivity index (χ1n) is 3.05. The van der Waals surface area contributed by atoms with Crippen molar-refractivity contribution in [2.24, 2.45) is 0 Å². The second-order valence-corrected chi connectivity index (χ2v) is 5.63. The monoisotopic (exact) mass is 220 g/mol. The van der Waals surface area contributed by atoms with E-state index in [1.165, 1.54) is 6.92 Å². The molecule has 0 amide bonds. The number of hydrogen-bond acceptors (Lipinski definition) is 5. The lowest BCUT2D eigenvalue weighted by Crippen LogP contribution is -2.18. The summed E-state index contributed by atoms with van der Waals surface area (Å²) < 4.78 is 57.5. The molecule has 0 fully saturated rings. The van der Waals surface area contributed by atoms with Crippen molar-refractivity contribution in [3.8, 4) is 0 Å². The van der Waals surface area contributed by atoms with Crippen molar-refractivity contribution in [1.29, 1.82) is 0 Å². The molecule has 0 spiro atoms. The average Bonchev–Trinajstić information content (AvgIpc) is 1.85. The van der Waals surface area contributed by atoms with Crippen LogP contribution >= 0.6 is 0 Å². The Labute approximate surface area is 70.8 Å². The topological polar surface area (TPSA) is 77.5 Å². The van der Waals surface area contributed by atoms with Gasteiger partial charge in [-0.05, 0) is 6.92 Å². The van der Waals surface area contributed by atoms with E-state index in [4.69, 9.17) is 0 Å². The van der Waals surface area contributed by atoms with Crippen LogP contribution in [0.15, 0.2) is 0 Å². The predicted octanol–water partition coefficient (Wildman–Crippen LogP) is -0.348. The molecule has 0 atom stereocenters. The normalized spacial score (nSPS) is 13.2. The number of hydrogen-bond donors (Lipinski definition) is 0. The third kappa shape index (κ3) is 4.62. The van der Waals surface area contributed by atoms with Gasteiger partial charge in [0.2, 0.25) is 0 Å². The van der Waals surface area contributed by atoms with Gasteiger partial charge in [0.25, 0.3) is 20.2 Å². The zero-order valence-corrected chi connectivity index (χ0v) is 7.99. The molecular formula is C4H9FO5S2. The van der Waals surface area contributed by atoms with E-state index in [1.807, 2.05) is 0 Å². The Hall–Kier alpha value is -0.210.